The van der Waals surface area contributed by atoms with E-state index in [9.17, 15) is 4.79 Å². The number of carbonyl (C=O) groups is 1. The molecule has 0 aromatic heterocycles. The lowest BCUT2D eigenvalue weighted by Gasteiger charge is -2.02. The van der Waals surface area contributed by atoms with E-state index in [4.69, 9.17) is 0 Å². The maximum Gasteiger partial charge on any atom is 0.315 e. The Kier molecular flexibility index (Phi) is 1.08. The summed E-state index contributed by atoms with van der Waals surface area (Å²) in [7, 11) is 0. The number of carbonyl (C=O) groups excluding carboxylic acids is 1. The Morgan fingerprint density at radius 3 is 2.44 bits per heavy atom. The Morgan fingerprint density at radius 2 is 1.89 bits per heavy atom. The first-order valence-electron chi connectivity index (χ1n) is 3.01. The largest absolute Gasteiger partial charge is 0.332 e. The van der Waals surface area contributed by atoms with Crippen molar-refractivity contribution in [3.63, 3.8) is 0 Å². The van der Waals surface area contributed by atoms with Gasteiger partial charge in [0, 0.05) is 11.5 Å². The molecule has 0 saturated carbocycles. The average Bonchev–Trinajstić information content (AvgIpc) is 2.22. The average molecular weight is 144 g/mol. The van der Waals surface area contributed by atoms with Crippen LogP contribution in [-0.4, -0.2) is 29.6 Å². The molecule has 2 fully saturated rings. The zero-order valence-corrected chi connectivity index (χ0v) is 5.70. The van der Waals surface area contributed by atoms with Crippen LogP contribution >= 0.6 is 11.8 Å². The normalized spacial score (nSPS) is 39.8. The van der Waals surface area contributed by atoms with Gasteiger partial charge < -0.3 is 10.6 Å². The maximum atomic E-state index is 10.6. The first kappa shape index (κ1) is 5.41. The van der Waals surface area contributed by atoms with Crippen LogP contribution in [0.2, 0.25) is 0 Å². The Morgan fingerprint density at radius 1 is 1.33 bits per heavy atom. The summed E-state index contributed by atoms with van der Waals surface area (Å²) >= 11 is 1.89. The highest BCUT2D eigenvalue weighted by Crippen LogP contribution is 2.20. The molecule has 2 amide bonds. The molecule has 0 radical (unpaired) electrons. The molecule has 2 aliphatic heterocycles. The molecular weight excluding hydrogens is 136 g/mol. The van der Waals surface area contributed by atoms with Crippen LogP contribution in [0, 0.1) is 0 Å². The second-order valence-corrected chi connectivity index (χ2v) is 3.44. The van der Waals surface area contributed by atoms with Gasteiger partial charge in [-0.05, 0) is 0 Å². The monoisotopic (exact) mass is 144 g/mol. The van der Waals surface area contributed by atoms with Gasteiger partial charge in [-0.3, -0.25) is 0 Å². The minimum atomic E-state index is 0.00491. The molecule has 2 atom stereocenters. The van der Waals surface area contributed by atoms with Crippen molar-refractivity contribution in [2.75, 3.05) is 11.5 Å². The van der Waals surface area contributed by atoms with E-state index in [1.807, 2.05) is 11.8 Å². The topological polar surface area (TPSA) is 41.1 Å². The molecule has 0 bridgehead atoms. The molecule has 2 aliphatic rings. The van der Waals surface area contributed by atoms with Gasteiger partial charge in [0.15, 0.2) is 0 Å². The van der Waals surface area contributed by atoms with Crippen molar-refractivity contribution in [2.45, 2.75) is 12.1 Å². The SMILES string of the molecule is O=C1N[C@@H]2CSC[C@H]2N1. The van der Waals surface area contributed by atoms with Gasteiger partial charge in [-0.2, -0.15) is 11.8 Å². The van der Waals surface area contributed by atoms with E-state index >= 15 is 0 Å². The summed E-state index contributed by atoms with van der Waals surface area (Å²) in [5, 5.41) is 5.69. The summed E-state index contributed by atoms with van der Waals surface area (Å²) in [6.45, 7) is 0. The van der Waals surface area contributed by atoms with E-state index in [0.29, 0.717) is 12.1 Å². The van der Waals surface area contributed by atoms with Crippen LogP contribution in [0.3, 0.4) is 0 Å². The third-order valence-electron chi connectivity index (χ3n) is 1.71. The molecule has 2 rings (SSSR count). The van der Waals surface area contributed by atoms with Gasteiger partial charge >= 0.3 is 6.03 Å². The highest BCUT2D eigenvalue weighted by atomic mass is 32.2. The lowest BCUT2D eigenvalue weighted by molar-refractivity contribution is 0.247. The van der Waals surface area contributed by atoms with E-state index < -0.39 is 0 Å². The molecular formula is C5H8N2OS. The van der Waals surface area contributed by atoms with Crippen LogP contribution in [0.5, 0.6) is 0 Å². The number of hydrogen-bond acceptors (Lipinski definition) is 2. The molecule has 4 heteroatoms. The fourth-order valence-electron chi connectivity index (χ4n) is 1.22. The smallest absolute Gasteiger partial charge is 0.315 e. The molecule has 50 valence electrons. The van der Waals surface area contributed by atoms with E-state index in [1.165, 1.54) is 0 Å². The van der Waals surface area contributed by atoms with Crippen LogP contribution in [0.25, 0.3) is 0 Å². The summed E-state index contributed by atoms with van der Waals surface area (Å²) < 4.78 is 0. The van der Waals surface area contributed by atoms with Crippen molar-refractivity contribution >= 4 is 17.8 Å². The molecule has 0 spiro atoms. The maximum absolute atomic E-state index is 10.6. The zero-order chi connectivity index (χ0) is 6.27. The highest BCUT2D eigenvalue weighted by Gasteiger charge is 2.35. The van der Waals surface area contributed by atoms with Gasteiger partial charge in [-0.25, -0.2) is 4.79 Å². The third-order valence-corrected chi connectivity index (χ3v) is 2.90. The Hall–Kier alpha value is -0.380. The number of hydrogen-bond donors (Lipinski definition) is 2. The number of thioether (sulfide) groups is 1. The van der Waals surface area contributed by atoms with Crippen molar-refractivity contribution < 1.29 is 4.79 Å². The van der Waals surface area contributed by atoms with Gasteiger partial charge in [0.05, 0.1) is 12.1 Å². The molecule has 0 aromatic rings. The van der Waals surface area contributed by atoms with Gasteiger partial charge in [-0.1, -0.05) is 0 Å². The molecule has 2 N–H and O–H groups in total. The van der Waals surface area contributed by atoms with E-state index in [1.54, 1.807) is 0 Å². The minimum absolute atomic E-state index is 0.00491. The highest BCUT2D eigenvalue weighted by molar-refractivity contribution is 7.99. The number of fused-ring (bicyclic) bond motifs is 1. The predicted molar refractivity (Wildman–Crippen MR) is 36.6 cm³/mol. The molecule has 9 heavy (non-hydrogen) atoms. The van der Waals surface area contributed by atoms with E-state index in [2.05, 4.69) is 10.6 Å². The Balaban J connectivity index is 2.09. The number of amides is 2. The molecule has 0 aromatic carbocycles. The predicted octanol–water partition coefficient (Wildman–Crippen LogP) is -0.217. The van der Waals surface area contributed by atoms with Crippen LogP contribution in [-0.2, 0) is 0 Å². The molecule has 0 unspecified atom stereocenters. The van der Waals surface area contributed by atoms with Crippen molar-refractivity contribution in [1.82, 2.24) is 10.6 Å². The molecule has 2 saturated heterocycles. The fourth-order valence-corrected chi connectivity index (χ4v) is 2.49. The second-order valence-electron chi connectivity index (χ2n) is 2.37. The Bertz CT molecular complexity index is 136. The lowest BCUT2D eigenvalue weighted by Crippen LogP contribution is -2.31. The number of urea groups is 1. The quantitative estimate of drug-likeness (QED) is 0.462. The van der Waals surface area contributed by atoms with Crippen molar-refractivity contribution in [3.8, 4) is 0 Å². The van der Waals surface area contributed by atoms with Crippen molar-refractivity contribution in [2.24, 2.45) is 0 Å². The molecule has 3 nitrogen and oxygen atoms in total. The summed E-state index contributed by atoms with van der Waals surface area (Å²) in [5.41, 5.74) is 0. The first-order valence-corrected chi connectivity index (χ1v) is 4.16. The number of rotatable bonds is 0. The number of nitrogens with one attached hydrogen (secondary N) is 2. The summed E-state index contributed by atoms with van der Waals surface area (Å²) in [6, 6.07) is 0.815. The fraction of sp³-hybridized carbons (Fsp3) is 0.800. The molecule has 0 aliphatic carbocycles. The van der Waals surface area contributed by atoms with Gasteiger partial charge in [0.25, 0.3) is 0 Å². The summed E-state index contributed by atoms with van der Waals surface area (Å²) in [6.07, 6.45) is 0. The van der Waals surface area contributed by atoms with Crippen LogP contribution in [0.4, 0.5) is 4.79 Å². The van der Waals surface area contributed by atoms with Gasteiger partial charge in [-0.15, -0.1) is 0 Å². The van der Waals surface area contributed by atoms with Crippen molar-refractivity contribution in [1.29, 1.82) is 0 Å². The Labute approximate surface area is 57.6 Å². The van der Waals surface area contributed by atoms with E-state index in [-0.39, 0.29) is 6.03 Å². The first-order chi connectivity index (χ1) is 4.36. The van der Waals surface area contributed by atoms with E-state index in [0.717, 1.165) is 11.5 Å². The van der Waals surface area contributed by atoms with Crippen LogP contribution in [0.1, 0.15) is 0 Å². The van der Waals surface area contributed by atoms with Crippen LogP contribution < -0.4 is 10.6 Å². The summed E-state index contributed by atoms with van der Waals surface area (Å²) in [5.74, 6) is 2.15. The molecule has 2 heterocycles. The van der Waals surface area contributed by atoms with Crippen LogP contribution in [0.15, 0.2) is 0 Å². The second kappa shape index (κ2) is 1.80. The standard InChI is InChI=1S/C5H8N2OS/c8-5-6-3-1-9-2-4(3)7-5/h3-4H,1-2H2,(H2,6,7,8)/t3-,4-/m1/s1. The van der Waals surface area contributed by atoms with Crippen molar-refractivity contribution in [3.05, 3.63) is 0 Å². The van der Waals surface area contributed by atoms with Gasteiger partial charge in [0.1, 0.15) is 0 Å². The third kappa shape index (κ3) is 0.775. The van der Waals surface area contributed by atoms with Gasteiger partial charge in [0.2, 0.25) is 0 Å². The minimum Gasteiger partial charge on any atom is -0.332 e. The lowest BCUT2D eigenvalue weighted by atomic mass is 10.2. The zero-order valence-electron chi connectivity index (χ0n) is 4.89. The summed E-state index contributed by atoms with van der Waals surface area (Å²) in [4.78, 5) is 10.6.